The molecular formula is C17H27N3. The SMILES string of the molecule is CCC(CC)NCC(C)n1cnc2cc(C)c(C)cc21. The van der Waals surface area contributed by atoms with E-state index in [2.05, 4.69) is 61.6 Å². The number of aryl methyl sites for hydroxylation is 2. The Balaban J connectivity index is 2.18. The standard InChI is InChI=1S/C17H27N3/c1-6-15(7-2)18-10-14(5)20-11-19-16-8-12(3)13(4)9-17(16)20/h8-9,11,14-15,18H,6-7,10H2,1-5H3. The topological polar surface area (TPSA) is 29.9 Å². The molecule has 0 bridgehead atoms. The van der Waals surface area contributed by atoms with Crippen molar-refractivity contribution in [1.29, 1.82) is 0 Å². The van der Waals surface area contributed by atoms with Crippen molar-refractivity contribution in [2.24, 2.45) is 0 Å². The summed E-state index contributed by atoms with van der Waals surface area (Å²) in [5, 5.41) is 3.65. The quantitative estimate of drug-likeness (QED) is 0.862. The molecule has 1 unspecified atom stereocenters. The van der Waals surface area contributed by atoms with E-state index in [9.17, 15) is 0 Å². The Morgan fingerprint density at radius 3 is 2.45 bits per heavy atom. The van der Waals surface area contributed by atoms with Crippen LogP contribution in [-0.4, -0.2) is 22.1 Å². The van der Waals surface area contributed by atoms with Crippen LogP contribution in [-0.2, 0) is 0 Å². The Kier molecular flexibility index (Phi) is 4.81. The predicted octanol–water partition coefficient (Wildman–Crippen LogP) is 3.99. The summed E-state index contributed by atoms with van der Waals surface area (Å²) in [5.41, 5.74) is 4.99. The van der Waals surface area contributed by atoms with Crippen LogP contribution < -0.4 is 5.32 Å². The first-order chi connectivity index (χ1) is 9.56. The van der Waals surface area contributed by atoms with Gasteiger partial charge in [0.1, 0.15) is 0 Å². The lowest BCUT2D eigenvalue weighted by Gasteiger charge is -2.20. The lowest BCUT2D eigenvalue weighted by molar-refractivity contribution is 0.425. The number of aromatic nitrogens is 2. The zero-order valence-electron chi connectivity index (χ0n) is 13.4. The number of hydrogen-bond acceptors (Lipinski definition) is 2. The summed E-state index contributed by atoms with van der Waals surface area (Å²) in [4.78, 5) is 4.54. The predicted molar refractivity (Wildman–Crippen MR) is 86.3 cm³/mol. The zero-order valence-corrected chi connectivity index (χ0v) is 13.4. The van der Waals surface area contributed by atoms with Crippen LogP contribution in [0.3, 0.4) is 0 Å². The molecule has 2 aromatic rings. The van der Waals surface area contributed by atoms with Crippen LogP contribution in [0.1, 0.15) is 50.8 Å². The maximum atomic E-state index is 4.54. The molecule has 0 radical (unpaired) electrons. The molecule has 1 aromatic heterocycles. The molecule has 20 heavy (non-hydrogen) atoms. The Labute approximate surface area is 122 Å². The first kappa shape index (κ1) is 15.0. The molecule has 0 amide bonds. The van der Waals surface area contributed by atoms with Crippen LogP contribution >= 0.6 is 0 Å². The first-order valence-electron chi connectivity index (χ1n) is 7.74. The van der Waals surface area contributed by atoms with Crippen molar-refractivity contribution in [3.63, 3.8) is 0 Å². The van der Waals surface area contributed by atoms with Gasteiger partial charge in [-0.1, -0.05) is 13.8 Å². The van der Waals surface area contributed by atoms with Gasteiger partial charge in [0.15, 0.2) is 0 Å². The van der Waals surface area contributed by atoms with Gasteiger partial charge < -0.3 is 9.88 Å². The molecule has 0 aliphatic carbocycles. The van der Waals surface area contributed by atoms with Gasteiger partial charge in [-0.05, 0) is 56.9 Å². The van der Waals surface area contributed by atoms with Crippen LogP contribution in [0.4, 0.5) is 0 Å². The third kappa shape index (κ3) is 3.04. The number of imidazole rings is 1. The second kappa shape index (κ2) is 6.40. The lowest BCUT2D eigenvalue weighted by Crippen LogP contribution is -2.32. The van der Waals surface area contributed by atoms with E-state index < -0.39 is 0 Å². The molecule has 0 fully saturated rings. The summed E-state index contributed by atoms with van der Waals surface area (Å²) in [6, 6.07) is 5.48. The zero-order chi connectivity index (χ0) is 14.7. The van der Waals surface area contributed by atoms with Gasteiger partial charge in [0, 0.05) is 18.6 Å². The number of hydrogen-bond donors (Lipinski definition) is 1. The maximum Gasteiger partial charge on any atom is 0.0961 e. The summed E-state index contributed by atoms with van der Waals surface area (Å²) < 4.78 is 2.29. The highest BCUT2D eigenvalue weighted by atomic mass is 15.1. The van der Waals surface area contributed by atoms with Crippen molar-refractivity contribution >= 4 is 11.0 Å². The van der Waals surface area contributed by atoms with E-state index in [4.69, 9.17) is 0 Å². The molecule has 0 saturated carbocycles. The average Bonchev–Trinajstić information content (AvgIpc) is 2.83. The Morgan fingerprint density at radius 1 is 1.15 bits per heavy atom. The van der Waals surface area contributed by atoms with E-state index in [0.717, 1.165) is 12.1 Å². The Bertz CT molecular complexity index is 567. The highest BCUT2D eigenvalue weighted by molar-refractivity contribution is 5.77. The van der Waals surface area contributed by atoms with Crippen molar-refractivity contribution in [3.8, 4) is 0 Å². The largest absolute Gasteiger partial charge is 0.326 e. The van der Waals surface area contributed by atoms with Crippen LogP contribution in [0.2, 0.25) is 0 Å². The highest BCUT2D eigenvalue weighted by Gasteiger charge is 2.12. The Morgan fingerprint density at radius 2 is 1.80 bits per heavy atom. The van der Waals surface area contributed by atoms with Gasteiger partial charge in [0.25, 0.3) is 0 Å². The summed E-state index contributed by atoms with van der Waals surface area (Å²) in [7, 11) is 0. The molecule has 0 aliphatic rings. The molecule has 1 aromatic carbocycles. The third-order valence-corrected chi connectivity index (χ3v) is 4.35. The Hall–Kier alpha value is -1.35. The van der Waals surface area contributed by atoms with Crippen LogP contribution in [0.5, 0.6) is 0 Å². The van der Waals surface area contributed by atoms with Crippen molar-refractivity contribution < 1.29 is 0 Å². The van der Waals surface area contributed by atoms with E-state index in [1.54, 1.807) is 0 Å². The molecule has 1 N–H and O–H groups in total. The number of benzene rings is 1. The van der Waals surface area contributed by atoms with E-state index in [-0.39, 0.29) is 0 Å². The van der Waals surface area contributed by atoms with Crippen molar-refractivity contribution in [1.82, 2.24) is 14.9 Å². The van der Waals surface area contributed by atoms with Gasteiger partial charge in [-0.3, -0.25) is 0 Å². The second-order valence-electron chi connectivity index (χ2n) is 5.85. The van der Waals surface area contributed by atoms with Crippen molar-refractivity contribution in [2.45, 2.75) is 59.5 Å². The van der Waals surface area contributed by atoms with E-state index >= 15 is 0 Å². The fourth-order valence-electron chi connectivity index (χ4n) is 2.65. The summed E-state index contributed by atoms with van der Waals surface area (Å²) in [6.45, 7) is 12.0. The number of fused-ring (bicyclic) bond motifs is 1. The fourth-order valence-corrected chi connectivity index (χ4v) is 2.65. The normalized spacial score (nSPS) is 13.3. The lowest BCUT2D eigenvalue weighted by atomic mass is 10.1. The van der Waals surface area contributed by atoms with Gasteiger partial charge in [-0.2, -0.15) is 0 Å². The minimum Gasteiger partial charge on any atom is -0.326 e. The molecule has 2 rings (SSSR count). The van der Waals surface area contributed by atoms with Gasteiger partial charge in [-0.15, -0.1) is 0 Å². The van der Waals surface area contributed by atoms with Crippen molar-refractivity contribution in [2.75, 3.05) is 6.54 Å². The van der Waals surface area contributed by atoms with Gasteiger partial charge in [-0.25, -0.2) is 4.98 Å². The van der Waals surface area contributed by atoms with Gasteiger partial charge in [0.2, 0.25) is 0 Å². The molecule has 0 saturated heterocycles. The van der Waals surface area contributed by atoms with Crippen LogP contribution in [0.15, 0.2) is 18.5 Å². The third-order valence-electron chi connectivity index (χ3n) is 4.35. The number of rotatable bonds is 6. The second-order valence-corrected chi connectivity index (χ2v) is 5.85. The highest BCUT2D eigenvalue weighted by Crippen LogP contribution is 2.21. The molecule has 0 spiro atoms. The molecule has 110 valence electrons. The van der Waals surface area contributed by atoms with E-state index in [1.165, 1.54) is 29.5 Å². The smallest absolute Gasteiger partial charge is 0.0961 e. The molecule has 3 heteroatoms. The number of nitrogens with zero attached hydrogens (tertiary/aromatic N) is 2. The monoisotopic (exact) mass is 273 g/mol. The fraction of sp³-hybridized carbons (Fsp3) is 0.588. The summed E-state index contributed by atoms with van der Waals surface area (Å²) in [5.74, 6) is 0. The maximum absolute atomic E-state index is 4.54. The van der Waals surface area contributed by atoms with Crippen LogP contribution in [0, 0.1) is 13.8 Å². The molecule has 3 nitrogen and oxygen atoms in total. The number of nitrogens with one attached hydrogen (secondary N) is 1. The van der Waals surface area contributed by atoms with Crippen molar-refractivity contribution in [3.05, 3.63) is 29.6 Å². The molecular weight excluding hydrogens is 246 g/mol. The molecule has 1 atom stereocenters. The molecule has 1 heterocycles. The minimum absolute atomic E-state index is 0.419. The van der Waals surface area contributed by atoms with Gasteiger partial charge in [0.05, 0.1) is 17.4 Å². The summed E-state index contributed by atoms with van der Waals surface area (Å²) >= 11 is 0. The minimum atomic E-state index is 0.419. The van der Waals surface area contributed by atoms with Crippen LogP contribution in [0.25, 0.3) is 11.0 Å². The first-order valence-corrected chi connectivity index (χ1v) is 7.74. The van der Waals surface area contributed by atoms with E-state index in [1.807, 2.05) is 6.33 Å². The molecule has 0 aliphatic heterocycles. The average molecular weight is 273 g/mol. The summed E-state index contributed by atoms with van der Waals surface area (Å²) in [6.07, 6.45) is 4.35. The van der Waals surface area contributed by atoms with E-state index in [0.29, 0.717) is 12.1 Å². The van der Waals surface area contributed by atoms with Gasteiger partial charge >= 0.3 is 0 Å².